The lowest BCUT2D eigenvalue weighted by Gasteiger charge is -2.25. The third-order valence-electron chi connectivity index (χ3n) is 4.77. The fourth-order valence-corrected chi connectivity index (χ4v) is 3.98. The first-order valence-corrected chi connectivity index (χ1v) is 11.4. The second-order valence-electron chi connectivity index (χ2n) is 6.98. The number of hydrogen-bond donors (Lipinski definition) is 1. The predicted molar refractivity (Wildman–Crippen MR) is 112 cm³/mol. The summed E-state index contributed by atoms with van der Waals surface area (Å²) in [6.45, 7) is 4.47. The van der Waals surface area contributed by atoms with E-state index in [0.29, 0.717) is 30.4 Å². The number of benzene rings is 2. The van der Waals surface area contributed by atoms with Gasteiger partial charge in [-0.1, -0.05) is 31.2 Å². The molecule has 2 aromatic rings. The van der Waals surface area contributed by atoms with Gasteiger partial charge in [0.05, 0.1) is 18.0 Å². The number of nitrogens with zero attached hydrogens (tertiary/aromatic N) is 1. The minimum atomic E-state index is -3.67. The van der Waals surface area contributed by atoms with Gasteiger partial charge in [0.25, 0.3) is 0 Å². The first kappa shape index (κ1) is 21.0. The Balaban J connectivity index is 1.74. The lowest BCUT2D eigenvalue weighted by Crippen LogP contribution is -2.41. The van der Waals surface area contributed by atoms with E-state index in [4.69, 9.17) is 9.47 Å². The van der Waals surface area contributed by atoms with E-state index in [-0.39, 0.29) is 12.6 Å². The molecule has 7 nitrogen and oxygen atoms in total. The molecular formula is C21H26N2O5S. The summed E-state index contributed by atoms with van der Waals surface area (Å²) < 4.78 is 36.7. The Hall–Kier alpha value is -2.74. The highest BCUT2D eigenvalue weighted by molar-refractivity contribution is 7.92. The summed E-state index contributed by atoms with van der Waals surface area (Å²) >= 11 is 0. The molecular weight excluding hydrogens is 392 g/mol. The molecule has 2 aromatic carbocycles. The molecule has 0 aliphatic carbocycles. The molecule has 0 fully saturated rings. The zero-order valence-electron chi connectivity index (χ0n) is 16.8. The highest BCUT2D eigenvalue weighted by Gasteiger charge is 2.24. The van der Waals surface area contributed by atoms with Crippen molar-refractivity contribution in [2.24, 2.45) is 0 Å². The van der Waals surface area contributed by atoms with Gasteiger partial charge in [-0.3, -0.25) is 9.10 Å². The fourth-order valence-electron chi connectivity index (χ4n) is 3.13. The third kappa shape index (κ3) is 5.20. The smallest absolute Gasteiger partial charge is 0.241 e. The molecule has 8 heteroatoms. The molecule has 0 bridgehead atoms. The van der Waals surface area contributed by atoms with Crippen molar-refractivity contribution in [2.75, 3.05) is 30.3 Å². The maximum absolute atomic E-state index is 12.6. The lowest BCUT2D eigenvalue weighted by atomic mass is 10.1. The number of anilines is 1. The molecule has 1 amide bonds. The van der Waals surface area contributed by atoms with Crippen LogP contribution in [0.4, 0.5) is 5.69 Å². The highest BCUT2D eigenvalue weighted by atomic mass is 32.2. The number of carbonyl (C=O) groups excluding carboxylic acids is 1. The monoisotopic (exact) mass is 418 g/mol. The summed E-state index contributed by atoms with van der Waals surface area (Å²) in [6, 6.07) is 12.6. The Kier molecular flexibility index (Phi) is 6.32. The molecule has 0 radical (unpaired) electrons. The Morgan fingerprint density at radius 1 is 1.10 bits per heavy atom. The number of amides is 1. The van der Waals surface area contributed by atoms with Gasteiger partial charge in [0.2, 0.25) is 15.9 Å². The number of nitrogens with one attached hydrogen (secondary N) is 1. The van der Waals surface area contributed by atoms with Crippen LogP contribution >= 0.6 is 0 Å². The molecule has 0 saturated carbocycles. The summed E-state index contributed by atoms with van der Waals surface area (Å²) in [5.41, 5.74) is 2.53. The lowest BCUT2D eigenvalue weighted by molar-refractivity contribution is -0.120. The van der Waals surface area contributed by atoms with Gasteiger partial charge in [-0.15, -0.1) is 0 Å². The molecule has 29 heavy (non-hydrogen) atoms. The van der Waals surface area contributed by atoms with Crippen molar-refractivity contribution in [1.82, 2.24) is 5.32 Å². The minimum absolute atomic E-state index is 0.241. The maximum atomic E-state index is 12.6. The van der Waals surface area contributed by atoms with E-state index < -0.39 is 15.9 Å². The molecule has 0 spiro atoms. The Bertz CT molecular complexity index is 973. The van der Waals surface area contributed by atoms with Crippen molar-refractivity contribution in [3.05, 3.63) is 53.6 Å². The molecule has 0 saturated heterocycles. The van der Waals surface area contributed by atoms with E-state index in [1.165, 1.54) is 5.56 Å². The largest absolute Gasteiger partial charge is 0.486 e. The minimum Gasteiger partial charge on any atom is -0.486 e. The van der Waals surface area contributed by atoms with E-state index in [1.807, 2.05) is 31.2 Å². The Morgan fingerprint density at radius 3 is 2.38 bits per heavy atom. The first-order chi connectivity index (χ1) is 13.8. The van der Waals surface area contributed by atoms with Gasteiger partial charge < -0.3 is 14.8 Å². The van der Waals surface area contributed by atoms with Crippen LogP contribution in [0.5, 0.6) is 11.5 Å². The second kappa shape index (κ2) is 8.73. The van der Waals surface area contributed by atoms with Crippen LogP contribution in [0.2, 0.25) is 0 Å². The molecule has 3 rings (SSSR count). The van der Waals surface area contributed by atoms with Crippen LogP contribution in [0.25, 0.3) is 0 Å². The Morgan fingerprint density at radius 2 is 1.76 bits per heavy atom. The molecule has 1 heterocycles. The number of rotatable bonds is 7. The van der Waals surface area contributed by atoms with Crippen LogP contribution in [0.3, 0.4) is 0 Å². The van der Waals surface area contributed by atoms with Gasteiger partial charge in [0, 0.05) is 6.07 Å². The zero-order valence-corrected chi connectivity index (χ0v) is 17.7. The summed E-state index contributed by atoms with van der Waals surface area (Å²) in [6.07, 6.45) is 2.02. The van der Waals surface area contributed by atoms with Crippen molar-refractivity contribution >= 4 is 21.6 Å². The number of sulfonamides is 1. The summed E-state index contributed by atoms with van der Waals surface area (Å²) in [4.78, 5) is 12.6. The average molecular weight is 419 g/mol. The van der Waals surface area contributed by atoms with Crippen LogP contribution < -0.4 is 19.1 Å². The summed E-state index contributed by atoms with van der Waals surface area (Å²) in [7, 11) is -3.67. The van der Waals surface area contributed by atoms with E-state index >= 15 is 0 Å². The number of ether oxygens (including phenoxy) is 2. The molecule has 1 N–H and O–H groups in total. The standard InChI is InChI=1S/C21H26N2O5S/c1-4-16-5-7-17(8-6-16)15(2)22-21(24)14-23(29(3,25)26)18-9-10-19-20(13-18)28-12-11-27-19/h5-10,13,15H,4,11-12,14H2,1-3H3,(H,22,24)/t15-/m0/s1. The van der Waals surface area contributed by atoms with Crippen molar-refractivity contribution in [3.8, 4) is 11.5 Å². The Labute approximate surface area is 171 Å². The molecule has 0 aromatic heterocycles. The second-order valence-corrected chi connectivity index (χ2v) is 8.89. The number of hydrogen-bond acceptors (Lipinski definition) is 5. The summed E-state index contributed by atoms with van der Waals surface area (Å²) in [5, 5.41) is 2.87. The van der Waals surface area contributed by atoms with Gasteiger partial charge in [-0.25, -0.2) is 8.42 Å². The maximum Gasteiger partial charge on any atom is 0.241 e. The number of carbonyl (C=O) groups is 1. The molecule has 0 unspecified atom stereocenters. The van der Waals surface area contributed by atoms with Crippen molar-refractivity contribution in [3.63, 3.8) is 0 Å². The van der Waals surface area contributed by atoms with Gasteiger partial charge >= 0.3 is 0 Å². The molecule has 1 atom stereocenters. The van der Waals surface area contributed by atoms with Crippen LogP contribution in [-0.4, -0.2) is 40.3 Å². The summed E-state index contributed by atoms with van der Waals surface area (Å²) in [5.74, 6) is 0.631. The van der Waals surface area contributed by atoms with E-state index in [9.17, 15) is 13.2 Å². The van der Waals surface area contributed by atoms with Crippen LogP contribution in [-0.2, 0) is 21.2 Å². The third-order valence-corrected chi connectivity index (χ3v) is 5.91. The molecule has 156 valence electrons. The fraction of sp³-hybridized carbons (Fsp3) is 0.381. The van der Waals surface area contributed by atoms with Crippen molar-refractivity contribution in [2.45, 2.75) is 26.3 Å². The normalized spacial score (nSPS) is 14.2. The van der Waals surface area contributed by atoms with Crippen LogP contribution in [0.15, 0.2) is 42.5 Å². The quantitative estimate of drug-likeness (QED) is 0.747. The van der Waals surface area contributed by atoms with Gasteiger partial charge in [0.15, 0.2) is 11.5 Å². The molecule has 1 aliphatic rings. The van der Waals surface area contributed by atoms with Gasteiger partial charge in [0.1, 0.15) is 19.8 Å². The van der Waals surface area contributed by atoms with E-state index in [2.05, 4.69) is 12.2 Å². The number of aryl methyl sites for hydroxylation is 1. The van der Waals surface area contributed by atoms with E-state index in [0.717, 1.165) is 22.5 Å². The van der Waals surface area contributed by atoms with Crippen LogP contribution in [0, 0.1) is 0 Å². The van der Waals surface area contributed by atoms with Crippen molar-refractivity contribution in [1.29, 1.82) is 0 Å². The first-order valence-electron chi connectivity index (χ1n) is 9.53. The average Bonchev–Trinajstić information content (AvgIpc) is 2.71. The predicted octanol–water partition coefficient (Wildman–Crippen LogP) is 2.66. The van der Waals surface area contributed by atoms with Crippen molar-refractivity contribution < 1.29 is 22.7 Å². The molecule has 1 aliphatic heterocycles. The highest BCUT2D eigenvalue weighted by Crippen LogP contribution is 2.34. The topological polar surface area (TPSA) is 84.9 Å². The SMILES string of the molecule is CCc1ccc([C@H](C)NC(=O)CN(c2ccc3c(c2)OCCO3)S(C)(=O)=O)cc1. The van der Waals surface area contributed by atoms with E-state index in [1.54, 1.807) is 18.2 Å². The van der Waals surface area contributed by atoms with Gasteiger partial charge in [-0.2, -0.15) is 0 Å². The number of fused-ring (bicyclic) bond motifs is 1. The van der Waals surface area contributed by atoms with Gasteiger partial charge in [-0.05, 0) is 36.6 Å². The van der Waals surface area contributed by atoms with Crippen LogP contribution in [0.1, 0.15) is 31.0 Å². The zero-order chi connectivity index (χ0) is 21.0.